The van der Waals surface area contributed by atoms with Gasteiger partial charge in [-0.25, -0.2) is 0 Å². The van der Waals surface area contributed by atoms with Crippen LogP contribution in [0.2, 0.25) is 39.3 Å². The Morgan fingerprint density at radius 3 is 0.800 bits per heavy atom. The number of hydrogen-bond donors (Lipinski definition) is 0. The van der Waals surface area contributed by atoms with Crippen LogP contribution >= 0.6 is 0 Å². The number of hydrogen-bond acceptors (Lipinski definition) is 1. The predicted molar refractivity (Wildman–Crippen MR) is 58.5 cm³/mol. The molecule has 0 rings (SSSR count). The van der Waals surface area contributed by atoms with Crippen LogP contribution in [-0.4, -0.2) is 30.8 Å². The summed E-state index contributed by atoms with van der Waals surface area (Å²) < 4.78 is 2.92. The topological polar surface area (TPSA) is 3.24 Å². The van der Waals surface area contributed by atoms with Crippen LogP contribution in [0.1, 0.15) is 0 Å². The Hall–Kier alpha value is 0.611. The van der Waals surface area contributed by atoms with Crippen molar-refractivity contribution in [2.45, 2.75) is 39.3 Å². The lowest BCUT2D eigenvalue weighted by Gasteiger charge is -2.33. The van der Waals surface area contributed by atoms with E-state index in [4.69, 9.17) is 0 Å². The zero-order chi connectivity index (χ0) is 8.31. The van der Waals surface area contributed by atoms with Crippen LogP contribution in [-0.2, 0) is 0 Å². The van der Waals surface area contributed by atoms with Crippen molar-refractivity contribution in [3.8, 4) is 0 Å². The molecule has 0 aromatic heterocycles. The molecule has 0 aromatic carbocycles. The molecule has 0 aromatic rings. The van der Waals surface area contributed by atoms with E-state index >= 15 is 0 Å². The van der Waals surface area contributed by atoms with Crippen LogP contribution in [0.15, 0.2) is 0 Å². The summed E-state index contributed by atoms with van der Waals surface area (Å²) in [6.07, 6.45) is 0. The molecule has 0 radical (unpaired) electrons. The maximum atomic E-state index is 2.92. The molecule has 10 heavy (non-hydrogen) atoms. The average molecular weight is 191 g/mol. The molecule has 0 heterocycles. The average Bonchev–Trinajstić information content (AvgIpc) is 1.59. The first-order valence-corrected chi connectivity index (χ1v) is 12.7. The van der Waals surface area contributed by atoms with Crippen molar-refractivity contribution in [1.82, 2.24) is 3.90 Å². The van der Waals surface area contributed by atoms with E-state index in [-0.39, 0.29) is 0 Å². The van der Waals surface area contributed by atoms with Crippen molar-refractivity contribution in [2.75, 3.05) is 0 Å². The number of nitrogens with zero attached hydrogens (tertiary/aromatic N) is 1. The van der Waals surface area contributed by atoms with E-state index in [0.29, 0.717) is 0 Å². The molecule has 0 spiro atoms. The van der Waals surface area contributed by atoms with Gasteiger partial charge in [0.1, 0.15) is 0 Å². The fourth-order valence-electron chi connectivity index (χ4n) is 1.79. The van der Waals surface area contributed by atoms with Gasteiger partial charge in [-0.15, -0.1) is 0 Å². The fraction of sp³-hybridized carbons (Fsp3) is 1.00. The highest BCUT2D eigenvalue weighted by atomic mass is 28.4. The van der Waals surface area contributed by atoms with Gasteiger partial charge in [0, 0.05) is 0 Å². The van der Waals surface area contributed by atoms with Gasteiger partial charge in [-0.1, -0.05) is 39.3 Å². The van der Waals surface area contributed by atoms with E-state index in [1.54, 1.807) is 0 Å². The highest BCUT2D eigenvalue weighted by Gasteiger charge is 2.17. The molecular formula is C6H21NSi3. The van der Waals surface area contributed by atoms with Crippen LogP contribution in [0.25, 0.3) is 0 Å². The van der Waals surface area contributed by atoms with Crippen molar-refractivity contribution in [3.05, 3.63) is 0 Å². The summed E-state index contributed by atoms with van der Waals surface area (Å²) in [6, 6.07) is 0. The predicted octanol–water partition coefficient (Wildman–Crippen LogP) is 1.24. The Morgan fingerprint density at radius 1 is 0.600 bits per heavy atom. The fourth-order valence-corrected chi connectivity index (χ4v) is 16.1. The molecule has 0 bridgehead atoms. The third-order valence-electron chi connectivity index (χ3n) is 1.79. The van der Waals surface area contributed by atoms with Crippen LogP contribution < -0.4 is 0 Å². The first-order chi connectivity index (χ1) is 4.46. The lowest BCUT2D eigenvalue weighted by Crippen LogP contribution is -2.49. The second kappa shape index (κ2) is 4.48. The quantitative estimate of drug-likeness (QED) is 0.607. The molecule has 0 atom stereocenters. The molecule has 62 valence electrons. The maximum absolute atomic E-state index is 2.92. The molecule has 0 aliphatic rings. The van der Waals surface area contributed by atoms with Gasteiger partial charge in [-0.3, -0.25) is 0 Å². The Morgan fingerprint density at radius 2 is 0.800 bits per heavy atom. The Labute approximate surface area is 70.5 Å². The van der Waals surface area contributed by atoms with Gasteiger partial charge in [0.25, 0.3) is 0 Å². The molecule has 0 fully saturated rings. The summed E-state index contributed by atoms with van der Waals surface area (Å²) in [5, 5.41) is 0. The van der Waals surface area contributed by atoms with Gasteiger partial charge >= 0.3 is 0 Å². The Balaban J connectivity index is 3.98. The van der Waals surface area contributed by atoms with Crippen molar-refractivity contribution < 1.29 is 0 Å². The van der Waals surface area contributed by atoms with E-state index in [0.717, 1.165) is 0 Å². The van der Waals surface area contributed by atoms with E-state index in [9.17, 15) is 0 Å². The van der Waals surface area contributed by atoms with Crippen LogP contribution in [0.4, 0.5) is 0 Å². The normalized spacial score (nSPS) is 12.6. The molecule has 0 N–H and O–H groups in total. The summed E-state index contributed by atoms with van der Waals surface area (Å²) >= 11 is 0. The summed E-state index contributed by atoms with van der Waals surface area (Å²) in [4.78, 5) is 0. The second-order valence-corrected chi connectivity index (χ2v) is 13.9. The molecule has 0 unspecified atom stereocenters. The van der Waals surface area contributed by atoms with Crippen molar-refractivity contribution in [3.63, 3.8) is 0 Å². The molecule has 0 amide bonds. The van der Waals surface area contributed by atoms with Gasteiger partial charge in [0.2, 0.25) is 0 Å². The molecular weight excluding hydrogens is 170 g/mol. The highest BCUT2D eigenvalue weighted by molar-refractivity contribution is 6.84. The standard InChI is InChI=1S/C6H21NSi3/c1-8(2)7(9(3)4)10(5)6/h8-10H,1-6H3. The summed E-state index contributed by atoms with van der Waals surface area (Å²) in [7, 11) is -1.33. The minimum Gasteiger partial charge on any atom is -0.376 e. The molecule has 0 saturated carbocycles. The van der Waals surface area contributed by atoms with Gasteiger partial charge in [-0.05, 0) is 0 Å². The summed E-state index contributed by atoms with van der Waals surface area (Å²) in [5.74, 6) is 0. The SMILES string of the molecule is C[SiH](C)N([SiH](C)C)[SiH](C)C. The third-order valence-corrected chi connectivity index (χ3v) is 16.1. The van der Waals surface area contributed by atoms with Crippen LogP contribution in [0.3, 0.4) is 0 Å². The lowest BCUT2D eigenvalue weighted by atomic mass is 11.9. The zero-order valence-corrected chi connectivity index (χ0v) is 11.6. The van der Waals surface area contributed by atoms with Gasteiger partial charge in [-0.2, -0.15) is 0 Å². The van der Waals surface area contributed by atoms with Gasteiger partial charge < -0.3 is 3.90 Å². The monoisotopic (exact) mass is 191 g/mol. The third kappa shape index (κ3) is 3.14. The molecule has 4 heteroatoms. The molecule has 0 aliphatic heterocycles. The van der Waals surface area contributed by atoms with Crippen molar-refractivity contribution in [2.24, 2.45) is 0 Å². The van der Waals surface area contributed by atoms with Gasteiger partial charge in [0.15, 0.2) is 0 Å². The van der Waals surface area contributed by atoms with E-state index < -0.39 is 26.9 Å². The smallest absolute Gasteiger partial charge is 0.0913 e. The highest BCUT2D eigenvalue weighted by Crippen LogP contribution is 2.02. The van der Waals surface area contributed by atoms with Crippen LogP contribution in [0.5, 0.6) is 0 Å². The molecule has 0 saturated heterocycles. The largest absolute Gasteiger partial charge is 0.376 e. The number of rotatable bonds is 3. The lowest BCUT2D eigenvalue weighted by molar-refractivity contribution is 1.00. The zero-order valence-electron chi connectivity index (χ0n) is 8.18. The summed E-state index contributed by atoms with van der Waals surface area (Å²) in [5.41, 5.74) is 0. The Bertz CT molecular complexity index is 74.0. The molecule has 0 aliphatic carbocycles. The van der Waals surface area contributed by atoms with Gasteiger partial charge in [0.05, 0.1) is 26.9 Å². The van der Waals surface area contributed by atoms with Crippen molar-refractivity contribution >= 4 is 26.9 Å². The molecule has 1 nitrogen and oxygen atoms in total. The first kappa shape index (κ1) is 10.6. The van der Waals surface area contributed by atoms with Crippen LogP contribution in [0, 0.1) is 0 Å². The second-order valence-electron chi connectivity index (χ2n) is 3.73. The first-order valence-electron chi connectivity index (χ1n) is 4.24. The van der Waals surface area contributed by atoms with E-state index in [1.165, 1.54) is 0 Å². The van der Waals surface area contributed by atoms with Crippen molar-refractivity contribution in [1.29, 1.82) is 0 Å². The van der Waals surface area contributed by atoms with E-state index in [2.05, 4.69) is 43.2 Å². The van der Waals surface area contributed by atoms with E-state index in [1.807, 2.05) is 0 Å². The maximum Gasteiger partial charge on any atom is 0.0913 e. The Kier molecular flexibility index (Phi) is 4.75. The minimum absolute atomic E-state index is 0.444. The summed E-state index contributed by atoms with van der Waals surface area (Å²) in [6.45, 7) is 14.8. The minimum atomic E-state index is -0.444.